The molecule has 3 aliphatic rings. The van der Waals surface area contributed by atoms with E-state index in [0.29, 0.717) is 18.4 Å². The van der Waals surface area contributed by atoms with E-state index in [-0.39, 0.29) is 12.8 Å². The molecule has 2 saturated heterocycles. The number of fused-ring (bicyclic) bond motifs is 1. The second kappa shape index (κ2) is 3.51. The van der Waals surface area contributed by atoms with E-state index in [4.69, 9.17) is 0 Å². The summed E-state index contributed by atoms with van der Waals surface area (Å²) < 4.78 is 9.04. The summed E-state index contributed by atoms with van der Waals surface area (Å²) >= 11 is 0. The van der Waals surface area contributed by atoms with Gasteiger partial charge in [0.05, 0.1) is 18.8 Å². The lowest BCUT2D eigenvalue weighted by Crippen LogP contribution is -2.39. The highest BCUT2D eigenvalue weighted by Gasteiger charge is 2.51. The molecule has 2 aliphatic heterocycles. The van der Waals surface area contributed by atoms with Gasteiger partial charge in [-0.3, -0.25) is 14.4 Å². The topological polar surface area (TPSA) is 86.7 Å². The molecular formula is C12H10O6. The fraction of sp³-hybridized carbons (Fsp3) is 0.500. The van der Waals surface area contributed by atoms with Gasteiger partial charge in [-0.25, -0.2) is 4.79 Å². The zero-order valence-corrected chi connectivity index (χ0v) is 9.43. The van der Waals surface area contributed by atoms with E-state index in [1.807, 2.05) is 0 Å². The van der Waals surface area contributed by atoms with Crippen LogP contribution in [-0.2, 0) is 28.7 Å². The van der Waals surface area contributed by atoms with Crippen molar-refractivity contribution in [1.29, 1.82) is 0 Å². The first-order valence-electron chi connectivity index (χ1n) is 5.69. The normalized spacial score (nSPS) is 29.8. The number of hydrogen-bond acceptors (Lipinski definition) is 6. The Morgan fingerprint density at radius 1 is 1.06 bits per heavy atom. The largest absolute Gasteiger partial charge is 0.393 e. The summed E-state index contributed by atoms with van der Waals surface area (Å²) in [6, 6.07) is 0. The van der Waals surface area contributed by atoms with Crippen LogP contribution in [0.5, 0.6) is 0 Å². The van der Waals surface area contributed by atoms with Crippen molar-refractivity contribution in [3.8, 4) is 0 Å². The standard InChI is InChI=1S/C12H10O6/c13-8-4-12(5-9(14)17-8)2-1-6-7(3-12)11(16)18-10(6)15/h1,7H,2-5H2. The zero-order chi connectivity index (χ0) is 12.9. The SMILES string of the molecule is O=C1CC2(CC=C3C(=O)OC(=O)C3C2)CC(=O)O1. The molecule has 0 saturated carbocycles. The molecule has 0 radical (unpaired) electrons. The summed E-state index contributed by atoms with van der Waals surface area (Å²) in [5.41, 5.74) is -0.235. The Kier molecular flexibility index (Phi) is 2.17. The Morgan fingerprint density at radius 2 is 1.72 bits per heavy atom. The van der Waals surface area contributed by atoms with Gasteiger partial charge in [-0.05, 0) is 18.3 Å². The molecule has 1 unspecified atom stereocenters. The van der Waals surface area contributed by atoms with Crippen LogP contribution in [0.15, 0.2) is 11.6 Å². The molecular weight excluding hydrogens is 240 g/mol. The summed E-state index contributed by atoms with van der Waals surface area (Å²) in [7, 11) is 0. The van der Waals surface area contributed by atoms with Crippen LogP contribution in [0.4, 0.5) is 0 Å². The maximum atomic E-state index is 11.5. The van der Waals surface area contributed by atoms with Crippen LogP contribution in [0.1, 0.15) is 25.7 Å². The molecule has 2 fully saturated rings. The van der Waals surface area contributed by atoms with Gasteiger partial charge in [0.25, 0.3) is 0 Å². The van der Waals surface area contributed by atoms with Crippen LogP contribution < -0.4 is 0 Å². The Bertz CT molecular complexity index is 499. The number of allylic oxidation sites excluding steroid dienone is 1. The Morgan fingerprint density at radius 3 is 2.39 bits per heavy atom. The second-order valence-electron chi connectivity index (χ2n) is 5.03. The van der Waals surface area contributed by atoms with E-state index >= 15 is 0 Å². The smallest absolute Gasteiger partial charge is 0.342 e. The summed E-state index contributed by atoms with van der Waals surface area (Å²) in [6.07, 6.45) is 2.53. The summed E-state index contributed by atoms with van der Waals surface area (Å²) in [4.78, 5) is 45.5. The van der Waals surface area contributed by atoms with E-state index in [2.05, 4.69) is 9.47 Å². The van der Waals surface area contributed by atoms with Crippen molar-refractivity contribution in [3.63, 3.8) is 0 Å². The molecule has 0 aromatic rings. The number of cyclic esters (lactones) is 4. The molecule has 0 aromatic heterocycles. The van der Waals surface area contributed by atoms with Crippen molar-refractivity contribution in [2.75, 3.05) is 0 Å². The van der Waals surface area contributed by atoms with Crippen molar-refractivity contribution in [1.82, 2.24) is 0 Å². The maximum Gasteiger partial charge on any atom is 0.342 e. The van der Waals surface area contributed by atoms with E-state index in [1.165, 1.54) is 0 Å². The highest BCUT2D eigenvalue weighted by Crippen LogP contribution is 2.48. The molecule has 6 nitrogen and oxygen atoms in total. The molecule has 0 amide bonds. The van der Waals surface area contributed by atoms with Crippen LogP contribution >= 0.6 is 0 Å². The van der Waals surface area contributed by atoms with Crippen molar-refractivity contribution >= 4 is 23.9 Å². The molecule has 0 bridgehead atoms. The molecule has 94 valence electrons. The van der Waals surface area contributed by atoms with Crippen molar-refractivity contribution < 1.29 is 28.7 Å². The third-order valence-corrected chi connectivity index (χ3v) is 3.75. The third kappa shape index (κ3) is 1.56. The van der Waals surface area contributed by atoms with Crippen molar-refractivity contribution in [2.24, 2.45) is 11.3 Å². The van der Waals surface area contributed by atoms with Gasteiger partial charge in [-0.1, -0.05) is 6.08 Å². The highest BCUT2D eigenvalue weighted by molar-refractivity contribution is 6.07. The molecule has 18 heavy (non-hydrogen) atoms. The number of hydrogen-bond donors (Lipinski definition) is 0. The fourth-order valence-corrected chi connectivity index (χ4v) is 2.92. The fourth-order valence-electron chi connectivity index (χ4n) is 2.92. The van der Waals surface area contributed by atoms with E-state index < -0.39 is 35.2 Å². The minimum absolute atomic E-state index is 0.0977. The summed E-state index contributed by atoms with van der Waals surface area (Å²) in [5, 5.41) is 0. The Labute approximate surface area is 102 Å². The van der Waals surface area contributed by atoms with Gasteiger partial charge in [0, 0.05) is 5.57 Å². The van der Waals surface area contributed by atoms with Gasteiger partial charge in [-0.15, -0.1) is 0 Å². The van der Waals surface area contributed by atoms with Gasteiger partial charge in [0.15, 0.2) is 0 Å². The van der Waals surface area contributed by atoms with E-state index in [1.54, 1.807) is 6.08 Å². The highest BCUT2D eigenvalue weighted by atomic mass is 16.6. The first-order chi connectivity index (χ1) is 8.49. The van der Waals surface area contributed by atoms with Gasteiger partial charge >= 0.3 is 23.9 Å². The van der Waals surface area contributed by atoms with Crippen LogP contribution in [-0.4, -0.2) is 23.9 Å². The molecule has 2 heterocycles. The minimum atomic E-state index is -0.634. The predicted octanol–water partition coefficient (Wildman–Crippen LogP) is 0.256. The van der Waals surface area contributed by atoms with Gasteiger partial charge in [-0.2, -0.15) is 0 Å². The average Bonchev–Trinajstić information content (AvgIpc) is 2.52. The Hall–Kier alpha value is -1.98. The lowest BCUT2D eigenvalue weighted by molar-refractivity contribution is -0.171. The van der Waals surface area contributed by atoms with Gasteiger partial charge in [0.2, 0.25) is 0 Å². The van der Waals surface area contributed by atoms with E-state index in [9.17, 15) is 19.2 Å². The molecule has 6 heteroatoms. The molecule has 0 aromatic carbocycles. The molecule has 1 aliphatic carbocycles. The molecule has 1 atom stereocenters. The third-order valence-electron chi connectivity index (χ3n) is 3.75. The molecule has 0 N–H and O–H groups in total. The quantitative estimate of drug-likeness (QED) is 0.452. The number of rotatable bonds is 0. The van der Waals surface area contributed by atoms with Crippen LogP contribution in [0.25, 0.3) is 0 Å². The second-order valence-corrected chi connectivity index (χ2v) is 5.03. The van der Waals surface area contributed by atoms with E-state index in [0.717, 1.165) is 0 Å². The predicted molar refractivity (Wildman–Crippen MR) is 54.7 cm³/mol. The van der Waals surface area contributed by atoms with Crippen LogP contribution in [0.3, 0.4) is 0 Å². The van der Waals surface area contributed by atoms with Crippen LogP contribution in [0, 0.1) is 11.3 Å². The molecule has 3 rings (SSSR count). The first-order valence-corrected chi connectivity index (χ1v) is 5.69. The van der Waals surface area contributed by atoms with Crippen molar-refractivity contribution in [3.05, 3.63) is 11.6 Å². The Balaban J connectivity index is 1.92. The maximum absolute atomic E-state index is 11.5. The molecule has 1 spiro atoms. The van der Waals surface area contributed by atoms with Crippen molar-refractivity contribution in [2.45, 2.75) is 25.7 Å². The monoisotopic (exact) mass is 250 g/mol. The lowest BCUT2D eigenvalue weighted by Gasteiger charge is -2.37. The van der Waals surface area contributed by atoms with Gasteiger partial charge < -0.3 is 9.47 Å². The number of carbonyl (C=O) groups is 4. The van der Waals surface area contributed by atoms with Crippen LogP contribution in [0.2, 0.25) is 0 Å². The number of esters is 4. The lowest BCUT2D eigenvalue weighted by atomic mass is 9.66. The zero-order valence-electron chi connectivity index (χ0n) is 9.43. The van der Waals surface area contributed by atoms with Gasteiger partial charge in [0.1, 0.15) is 0 Å². The number of carbonyl (C=O) groups excluding carboxylic acids is 4. The average molecular weight is 250 g/mol. The first kappa shape index (κ1) is 11.1. The summed E-state index contributed by atoms with van der Waals surface area (Å²) in [5.74, 6) is -2.96. The number of ether oxygens (including phenoxy) is 2. The summed E-state index contributed by atoms with van der Waals surface area (Å²) in [6.45, 7) is 0. The minimum Gasteiger partial charge on any atom is -0.393 e.